The van der Waals surface area contributed by atoms with Crippen molar-refractivity contribution in [2.75, 3.05) is 0 Å². The Hall–Kier alpha value is -1.50. The highest BCUT2D eigenvalue weighted by Gasteiger charge is 2.00. The number of nitrogens with zero attached hydrogens (tertiary/aromatic N) is 1. The Morgan fingerprint density at radius 1 is 0.818 bits per heavy atom. The molecule has 0 aliphatic rings. The SMILES string of the molecule is c1cc2ccn3ccc(c1)c23. The Morgan fingerprint density at radius 3 is 2.09 bits per heavy atom. The lowest BCUT2D eigenvalue weighted by Crippen LogP contribution is -1.69. The van der Waals surface area contributed by atoms with Gasteiger partial charge in [0.05, 0.1) is 5.52 Å². The van der Waals surface area contributed by atoms with E-state index in [0.717, 1.165) is 0 Å². The molecule has 2 heterocycles. The summed E-state index contributed by atoms with van der Waals surface area (Å²) in [6.45, 7) is 0. The minimum atomic E-state index is 1.33. The summed E-state index contributed by atoms with van der Waals surface area (Å²) in [5.74, 6) is 0. The Labute approximate surface area is 64.2 Å². The van der Waals surface area contributed by atoms with E-state index in [-0.39, 0.29) is 0 Å². The fraction of sp³-hybridized carbons (Fsp3) is 0. The first kappa shape index (κ1) is 5.19. The minimum absolute atomic E-state index is 1.33. The molecule has 0 fully saturated rings. The van der Waals surface area contributed by atoms with Crippen LogP contribution in [0.25, 0.3) is 16.3 Å². The predicted molar refractivity (Wildman–Crippen MR) is 46.1 cm³/mol. The highest BCUT2D eigenvalue weighted by atomic mass is 14.9. The topological polar surface area (TPSA) is 4.41 Å². The van der Waals surface area contributed by atoms with Gasteiger partial charge in [-0.25, -0.2) is 0 Å². The number of aromatic nitrogens is 1. The van der Waals surface area contributed by atoms with Gasteiger partial charge < -0.3 is 4.40 Å². The maximum absolute atomic E-state index is 2.16. The molecule has 0 N–H and O–H groups in total. The van der Waals surface area contributed by atoms with Crippen molar-refractivity contribution in [2.45, 2.75) is 0 Å². The van der Waals surface area contributed by atoms with Gasteiger partial charge in [-0.1, -0.05) is 18.2 Å². The third-order valence-electron chi connectivity index (χ3n) is 2.19. The van der Waals surface area contributed by atoms with Gasteiger partial charge in [0.25, 0.3) is 0 Å². The van der Waals surface area contributed by atoms with E-state index in [1.165, 1.54) is 16.3 Å². The molecule has 2 aromatic heterocycles. The Kier molecular flexibility index (Phi) is 0.737. The van der Waals surface area contributed by atoms with Gasteiger partial charge in [0.1, 0.15) is 0 Å². The number of hydrogen-bond acceptors (Lipinski definition) is 0. The maximum Gasteiger partial charge on any atom is 0.0595 e. The fourth-order valence-electron chi connectivity index (χ4n) is 1.67. The Bertz CT molecular complexity index is 442. The normalized spacial score (nSPS) is 11.6. The molecule has 0 saturated heterocycles. The second-order valence-electron chi connectivity index (χ2n) is 2.82. The molecule has 0 saturated carbocycles. The predicted octanol–water partition coefficient (Wildman–Crippen LogP) is 2.53. The van der Waals surface area contributed by atoms with Crippen molar-refractivity contribution in [1.29, 1.82) is 0 Å². The van der Waals surface area contributed by atoms with Crippen molar-refractivity contribution in [3.8, 4) is 0 Å². The highest BCUT2D eigenvalue weighted by Crippen LogP contribution is 2.22. The van der Waals surface area contributed by atoms with Gasteiger partial charge in [0.15, 0.2) is 0 Å². The van der Waals surface area contributed by atoms with Crippen molar-refractivity contribution >= 4 is 16.3 Å². The zero-order valence-corrected chi connectivity index (χ0v) is 5.99. The minimum Gasteiger partial charge on any atom is -0.323 e. The van der Waals surface area contributed by atoms with Crippen LogP contribution in [0.5, 0.6) is 0 Å². The zero-order valence-electron chi connectivity index (χ0n) is 5.99. The average Bonchev–Trinajstić information content (AvgIpc) is 2.60. The van der Waals surface area contributed by atoms with E-state index in [4.69, 9.17) is 0 Å². The Balaban J connectivity index is 2.83. The lowest BCUT2D eigenvalue weighted by atomic mass is 10.2. The lowest BCUT2D eigenvalue weighted by Gasteiger charge is -1.88. The van der Waals surface area contributed by atoms with Crippen molar-refractivity contribution in [2.24, 2.45) is 0 Å². The molecule has 1 nitrogen and oxygen atoms in total. The van der Waals surface area contributed by atoms with E-state index in [9.17, 15) is 0 Å². The molecule has 0 spiro atoms. The molecule has 0 radical (unpaired) electrons. The highest BCUT2D eigenvalue weighted by molar-refractivity contribution is 5.96. The van der Waals surface area contributed by atoms with Gasteiger partial charge in [0.2, 0.25) is 0 Å². The van der Waals surface area contributed by atoms with Gasteiger partial charge in [-0.05, 0) is 12.1 Å². The molecule has 0 aliphatic heterocycles. The third-order valence-corrected chi connectivity index (χ3v) is 2.19. The molecular formula is C10H7N. The smallest absolute Gasteiger partial charge is 0.0595 e. The molecule has 0 amide bonds. The van der Waals surface area contributed by atoms with Gasteiger partial charge >= 0.3 is 0 Å². The summed E-state index contributed by atoms with van der Waals surface area (Å²) >= 11 is 0. The summed E-state index contributed by atoms with van der Waals surface area (Å²) < 4.78 is 2.16. The van der Waals surface area contributed by atoms with E-state index in [1.807, 2.05) is 0 Å². The van der Waals surface area contributed by atoms with Crippen molar-refractivity contribution in [3.05, 3.63) is 42.7 Å². The van der Waals surface area contributed by atoms with E-state index in [2.05, 4.69) is 47.1 Å². The maximum atomic E-state index is 2.16. The molecule has 3 rings (SSSR count). The van der Waals surface area contributed by atoms with Gasteiger partial charge in [-0.2, -0.15) is 0 Å². The van der Waals surface area contributed by atoms with Crippen molar-refractivity contribution in [3.63, 3.8) is 0 Å². The number of para-hydroxylation sites is 1. The summed E-state index contributed by atoms with van der Waals surface area (Å²) in [4.78, 5) is 0. The number of rotatable bonds is 0. The summed E-state index contributed by atoms with van der Waals surface area (Å²) in [5, 5.41) is 2.65. The monoisotopic (exact) mass is 141 g/mol. The van der Waals surface area contributed by atoms with Crippen LogP contribution in [-0.4, -0.2) is 4.40 Å². The largest absolute Gasteiger partial charge is 0.323 e. The van der Waals surface area contributed by atoms with Crippen LogP contribution in [-0.2, 0) is 0 Å². The summed E-state index contributed by atoms with van der Waals surface area (Å²) in [5.41, 5.74) is 1.34. The molecule has 1 heteroatoms. The molecule has 0 aliphatic carbocycles. The zero-order chi connectivity index (χ0) is 7.26. The number of hydrogen-bond donors (Lipinski definition) is 0. The van der Waals surface area contributed by atoms with Crippen LogP contribution < -0.4 is 0 Å². The average molecular weight is 141 g/mol. The second-order valence-corrected chi connectivity index (χ2v) is 2.82. The summed E-state index contributed by atoms with van der Waals surface area (Å²) in [6.07, 6.45) is 4.19. The first-order valence-electron chi connectivity index (χ1n) is 3.73. The molecule has 0 atom stereocenters. The first-order valence-corrected chi connectivity index (χ1v) is 3.73. The van der Waals surface area contributed by atoms with Gasteiger partial charge in [0, 0.05) is 23.2 Å². The van der Waals surface area contributed by atoms with E-state index in [1.54, 1.807) is 0 Å². The van der Waals surface area contributed by atoms with Crippen LogP contribution in [0, 0.1) is 0 Å². The molecular weight excluding hydrogens is 134 g/mol. The molecule has 0 bridgehead atoms. The van der Waals surface area contributed by atoms with E-state index in [0.29, 0.717) is 0 Å². The number of benzene rings is 1. The van der Waals surface area contributed by atoms with Crippen LogP contribution in [0.15, 0.2) is 42.7 Å². The van der Waals surface area contributed by atoms with Crippen molar-refractivity contribution < 1.29 is 0 Å². The van der Waals surface area contributed by atoms with Crippen LogP contribution >= 0.6 is 0 Å². The van der Waals surface area contributed by atoms with Gasteiger partial charge in [-0.3, -0.25) is 0 Å². The molecule has 1 aromatic carbocycles. The Morgan fingerprint density at radius 2 is 1.45 bits per heavy atom. The van der Waals surface area contributed by atoms with Gasteiger partial charge in [-0.15, -0.1) is 0 Å². The second kappa shape index (κ2) is 1.56. The third kappa shape index (κ3) is 0.511. The van der Waals surface area contributed by atoms with Crippen molar-refractivity contribution in [1.82, 2.24) is 4.40 Å². The molecule has 0 unspecified atom stereocenters. The standard InChI is InChI=1S/C10H7N/c1-2-8-4-6-11-7-5-9(3-1)10(8)11/h1-7H. The summed E-state index contributed by atoms with van der Waals surface area (Å²) in [7, 11) is 0. The first-order chi connectivity index (χ1) is 5.45. The molecule has 11 heavy (non-hydrogen) atoms. The quantitative estimate of drug-likeness (QED) is 0.453. The molecule has 3 aromatic rings. The van der Waals surface area contributed by atoms with E-state index < -0.39 is 0 Å². The van der Waals surface area contributed by atoms with Crippen LogP contribution in [0.3, 0.4) is 0 Å². The fourth-order valence-corrected chi connectivity index (χ4v) is 1.67. The lowest BCUT2D eigenvalue weighted by molar-refractivity contribution is 1.24. The van der Waals surface area contributed by atoms with Crippen LogP contribution in [0.2, 0.25) is 0 Å². The van der Waals surface area contributed by atoms with Crippen LogP contribution in [0.4, 0.5) is 0 Å². The molecule has 52 valence electrons. The van der Waals surface area contributed by atoms with Crippen LogP contribution in [0.1, 0.15) is 0 Å². The summed E-state index contributed by atoms with van der Waals surface area (Å²) in [6, 6.07) is 10.7. The van der Waals surface area contributed by atoms with E-state index >= 15 is 0 Å².